The number of carbonyl (C=O) groups is 5. The van der Waals surface area contributed by atoms with E-state index >= 15 is 0 Å². The molecule has 0 aliphatic carbocycles. The van der Waals surface area contributed by atoms with Gasteiger partial charge in [0.25, 0.3) is 0 Å². The van der Waals surface area contributed by atoms with Gasteiger partial charge in [-0.2, -0.15) is 24.4 Å². The Morgan fingerprint density at radius 3 is 2.03 bits per heavy atom. The molecule has 5 unspecified atom stereocenters. The number of aliphatic hydroxyl groups is 1. The molecule has 0 bridgehead atoms. The lowest BCUT2D eigenvalue weighted by atomic mass is 10.1. The third kappa shape index (κ3) is 10.1. The number of hydrogen-bond donors (Lipinski definition) is 8. The fourth-order valence-corrected chi connectivity index (χ4v) is 2.91. The largest absolute Gasteiger partial charge is 0.480 e. The maximum atomic E-state index is 12.5. The molecule has 30 heavy (non-hydrogen) atoms. The van der Waals surface area contributed by atoms with Crippen LogP contribution < -0.4 is 27.4 Å². The molecule has 0 saturated heterocycles. The minimum atomic E-state index is -1.53. The van der Waals surface area contributed by atoms with Crippen LogP contribution in [0.5, 0.6) is 0 Å². The molecule has 0 radical (unpaired) electrons. The van der Waals surface area contributed by atoms with Crippen molar-refractivity contribution in [2.45, 2.75) is 50.0 Å². The molecule has 0 aliphatic heterocycles. The van der Waals surface area contributed by atoms with Crippen LogP contribution >= 0.6 is 24.4 Å². The first-order valence-corrected chi connectivity index (χ1v) is 10.9. The molecule has 14 heteroatoms. The van der Waals surface area contributed by atoms with Crippen LogP contribution in [0.4, 0.5) is 0 Å². The van der Waals surface area contributed by atoms with E-state index in [0.29, 0.717) is 12.2 Å². The summed E-state index contributed by atoms with van der Waals surface area (Å²) in [4.78, 5) is 59.4. The quantitative estimate of drug-likeness (QED) is 0.120. The molecule has 0 heterocycles. The highest BCUT2D eigenvalue weighted by atomic mass is 32.2. The molecule has 0 rings (SSSR count). The standard InChI is InChI=1S/C16H29N5O7S2/c1-7(22)12(21-13(24)8(17)3-4-30-2)15(26)19-9(5-11(18)23)14(25)20-10(6-29)16(27)28/h7-10,12,22,29H,3-6,17H2,1-2H3,(H2,18,23)(H,19,26)(H,20,25)(H,21,24)(H,27,28). The Kier molecular flexibility index (Phi) is 13.1. The minimum Gasteiger partial charge on any atom is -0.480 e. The number of aliphatic hydroxyl groups excluding tert-OH is 1. The summed E-state index contributed by atoms with van der Waals surface area (Å²) in [5.41, 5.74) is 10.8. The number of nitrogens with one attached hydrogen (secondary N) is 3. The van der Waals surface area contributed by atoms with E-state index in [1.807, 2.05) is 6.26 Å². The normalized spacial score (nSPS) is 15.8. The van der Waals surface area contributed by atoms with E-state index in [-0.39, 0.29) is 5.75 Å². The molecule has 0 saturated carbocycles. The van der Waals surface area contributed by atoms with Gasteiger partial charge in [-0.15, -0.1) is 0 Å². The Morgan fingerprint density at radius 2 is 1.60 bits per heavy atom. The average Bonchev–Trinajstić information content (AvgIpc) is 2.66. The number of aliphatic carboxylic acids is 1. The predicted molar refractivity (Wildman–Crippen MR) is 114 cm³/mol. The van der Waals surface area contributed by atoms with Crippen molar-refractivity contribution in [2.75, 3.05) is 17.8 Å². The number of amides is 4. The molecule has 4 amide bonds. The molecule has 5 atom stereocenters. The molecule has 9 N–H and O–H groups in total. The van der Waals surface area contributed by atoms with Crippen LogP contribution in [0.25, 0.3) is 0 Å². The zero-order valence-corrected chi connectivity index (χ0v) is 18.4. The SMILES string of the molecule is CSCCC(N)C(=O)NC(C(=O)NC(CC(N)=O)C(=O)NC(CS)C(=O)O)C(C)O. The van der Waals surface area contributed by atoms with Gasteiger partial charge in [-0.25, -0.2) is 4.79 Å². The predicted octanol–water partition coefficient (Wildman–Crippen LogP) is -3.21. The van der Waals surface area contributed by atoms with E-state index in [2.05, 4.69) is 28.6 Å². The van der Waals surface area contributed by atoms with Gasteiger partial charge in [0.05, 0.1) is 18.6 Å². The maximum Gasteiger partial charge on any atom is 0.327 e. The number of primary amides is 1. The zero-order valence-electron chi connectivity index (χ0n) is 16.7. The van der Waals surface area contributed by atoms with Gasteiger partial charge in [0.2, 0.25) is 23.6 Å². The topological polar surface area (TPSA) is 214 Å². The second-order valence-electron chi connectivity index (χ2n) is 6.43. The fraction of sp³-hybridized carbons (Fsp3) is 0.688. The summed E-state index contributed by atoms with van der Waals surface area (Å²) >= 11 is 5.29. The number of rotatable bonds is 14. The van der Waals surface area contributed by atoms with Crippen LogP contribution in [0.2, 0.25) is 0 Å². The summed E-state index contributed by atoms with van der Waals surface area (Å²) in [6, 6.07) is -5.28. The van der Waals surface area contributed by atoms with Gasteiger partial charge in [0.15, 0.2) is 0 Å². The molecule has 12 nitrogen and oxygen atoms in total. The number of thioether (sulfide) groups is 1. The molecule has 0 aliphatic rings. The fourth-order valence-electron chi connectivity index (χ4n) is 2.17. The highest BCUT2D eigenvalue weighted by Crippen LogP contribution is 2.03. The third-order valence-electron chi connectivity index (χ3n) is 3.87. The molecule has 0 spiro atoms. The van der Waals surface area contributed by atoms with E-state index in [1.54, 1.807) is 0 Å². The summed E-state index contributed by atoms with van der Waals surface area (Å²) in [6.45, 7) is 1.24. The number of carbonyl (C=O) groups excluding carboxylic acids is 4. The second kappa shape index (κ2) is 14.1. The Balaban J connectivity index is 5.31. The van der Waals surface area contributed by atoms with Gasteiger partial charge < -0.3 is 37.6 Å². The highest BCUT2D eigenvalue weighted by molar-refractivity contribution is 7.98. The van der Waals surface area contributed by atoms with E-state index < -0.39 is 66.3 Å². The average molecular weight is 468 g/mol. The summed E-state index contributed by atoms with van der Waals surface area (Å²) in [5.74, 6) is -4.58. The zero-order chi connectivity index (χ0) is 23.4. The lowest BCUT2D eigenvalue weighted by molar-refractivity contribution is -0.142. The Hall–Kier alpha value is -2.03. The number of thiol groups is 1. The summed E-state index contributed by atoms with van der Waals surface area (Å²) < 4.78 is 0. The first kappa shape index (κ1) is 28.0. The maximum absolute atomic E-state index is 12.5. The molecule has 0 aromatic heterocycles. The van der Waals surface area contributed by atoms with Gasteiger partial charge in [0.1, 0.15) is 18.1 Å². The van der Waals surface area contributed by atoms with Crippen LogP contribution in [-0.4, -0.2) is 87.8 Å². The summed E-state index contributed by atoms with van der Waals surface area (Å²) in [7, 11) is 0. The van der Waals surface area contributed by atoms with Gasteiger partial charge in [0, 0.05) is 5.75 Å². The van der Waals surface area contributed by atoms with Crippen molar-refractivity contribution in [1.29, 1.82) is 0 Å². The van der Waals surface area contributed by atoms with Crippen molar-refractivity contribution in [3.8, 4) is 0 Å². The number of carboxylic acid groups (broad SMARTS) is 1. The Bertz CT molecular complexity index is 635. The molecule has 0 fully saturated rings. The lowest BCUT2D eigenvalue weighted by Gasteiger charge is -2.25. The summed E-state index contributed by atoms with van der Waals surface area (Å²) in [6.07, 6.45) is 0.185. The lowest BCUT2D eigenvalue weighted by Crippen LogP contribution is -2.60. The van der Waals surface area contributed by atoms with Gasteiger partial charge >= 0.3 is 5.97 Å². The second-order valence-corrected chi connectivity index (χ2v) is 7.78. The van der Waals surface area contributed by atoms with Crippen molar-refractivity contribution >= 4 is 54.0 Å². The van der Waals surface area contributed by atoms with E-state index in [1.165, 1.54) is 18.7 Å². The van der Waals surface area contributed by atoms with Crippen LogP contribution in [0, 0.1) is 0 Å². The number of hydrogen-bond acceptors (Lipinski definition) is 9. The monoisotopic (exact) mass is 467 g/mol. The van der Waals surface area contributed by atoms with Gasteiger partial charge in [-0.3, -0.25) is 19.2 Å². The van der Waals surface area contributed by atoms with Crippen molar-refractivity contribution < 1.29 is 34.2 Å². The van der Waals surface area contributed by atoms with Gasteiger partial charge in [-0.05, 0) is 25.4 Å². The van der Waals surface area contributed by atoms with Crippen LogP contribution in [0.1, 0.15) is 19.8 Å². The molecule has 0 aromatic carbocycles. The van der Waals surface area contributed by atoms with Crippen molar-refractivity contribution in [1.82, 2.24) is 16.0 Å². The smallest absolute Gasteiger partial charge is 0.327 e. The van der Waals surface area contributed by atoms with Crippen molar-refractivity contribution in [3.05, 3.63) is 0 Å². The first-order valence-electron chi connectivity index (χ1n) is 8.90. The highest BCUT2D eigenvalue weighted by Gasteiger charge is 2.32. The van der Waals surface area contributed by atoms with Crippen LogP contribution in [0.3, 0.4) is 0 Å². The van der Waals surface area contributed by atoms with Gasteiger partial charge in [-0.1, -0.05) is 0 Å². The minimum absolute atomic E-state index is 0.237. The first-order chi connectivity index (χ1) is 13.9. The third-order valence-corrected chi connectivity index (χ3v) is 4.88. The number of carboxylic acids is 1. The van der Waals surface area contributed by atoms with E-state index in [0.717, 1.165) is 0 Å². The van der Waals surface area contributed by atoms with Crippen LogP contribution in [0.15, 0.2) is 0 Å². The molecular formula is C16H29N5O7S2. The van der Waals surface area contributed by atoms with E-state index in [9.17, 15) is 29.1 Å². The van der Waals surface area contributed by atoms with E-state index in [4.69, 9.17) is 16.6 Å². The Labute approximate surface area is 183 Å². The van der Waals surface area contributed by atoms with Crippen molar-refractivity contribution in [2.24, 2.45) is 11.5 Å². The summed E-state index contributed by atoms with van der Waals surface area (Å²) in [5, 5.41) is 25.5. The van der Waals surface area contributed by atoms with Crippen molar-refractivity contribution in [3.63, 3.8) is 0 Å². The molecule has 172 valence electrons. The molecule has 0 aromatic rings. The molecular weight excluding hydrogens is 438 g/mol. The number of nitrogens with two attached hydrogens (primary N) is 2. The van der Waals surface area contributed by atoms with Crippen LogP contribution in [-0.2, 0) is 24.0 Å². The Morgan fingerprint density at radius 1 is 1.03 bits per heavy atom.